The Labute approximate surface area is 157 Å². The molecule has 0 atom stereocenters. The highest BCUT2D eigenvalue weighted by Gasteiger charge is 2.12. The number of benzene rings is 2. The molecule has 0 saturated heterocycles. The van der Waals surface area contributed by atoms with Crippen LogP contribution >= 0.6 is 11.3 Å². The zero-order valence-corrected chi connectivity index (χ0v) is 16.0. The molecule has 1 aromatic heterocycles. The Balaban J connectivity index is 1.69. The topological polar surface area (TPSA) is 51.2 Å². The van der Waals surface area contributed by atoms with Crippen molar-refractivity contribution in [2.24, 2.45) is 0 Å². The summed E-state index contributed by atoms with van der Waals surface area (Å²) < 4.78 is 5.61. The largest absolute Gasteiger partial charge is 0.492 e. The number of nitrogens with zero attached hydrogens (tertiary/aromatic N) is 1. The molecule has 0 spiro atoms. The maximum Gasteiger partial charge on any atom is 0.230 e. The predicted octanol–water partition coefficient (Wildman–Crippen LogP) is 5.01. The van der Waals surface area contributed by atoms with E-state index in [1.54, 1.807) is 11.3 Å². The van der Waals surface area contributed by atoms with Crippen molar-refractivity contribution >= 4 is 22.9 Å². The Bertz CT molecular complexity index is 918. The van der Waals surface area contributed by atoms with Gasteiger partial charge in [0, 0.05) is 10.9 Å². The molecule has 0 radical (unpaired) electrons. The van der Waals surface area contributed by atoms with Crippen LogP contribution in [0.4, 0.5) is 5.69 Å². The third-order valence-electron chi connectivity index (χ3n) is 3.87. The van der Waals surface area contributed by atoms with Gasteiger partial charge in [-0.3, -0.25) is 4.79 Å². The Hall–Kier alpha value is -2.66. The lowest BCUT2D eigenvalue weighted by atomic mass is 10.1. The van der Waals surface area contributed by atoms with Gasteiger partial charge >= 0.3 is 0 Å². The quantitative estimate of drug-likeness (QED) is 0.667. The summed E-state index contributed by atoms with van der Waals surface area (Å²) in [6, 6.07) is 14.0. The second-order valence-electron chi connectivity index (χ2n) is 6.17. The average Bonchev–Trinajstić information content (AvgIpc) is 3.06. The fraction of sp³-hybridized carbons (Fsp3) is 0.238. The first-order valence-electron chi connectivity index (χ1n) is 8.60. The van der Waals surface area contributed by atoms with E-state index in [1.165, 1.54) is 5.56 Å². The number of amides is 1. The predicted molar refractivity (Wildman–Crippen MR) is 107 cm³/mol. The fourth-order valence-electron chi connectivity index (χ4n) is 2.67. The molecule has 0 fully saturated rings. The van der Waals surface area contributed by atoms with Gasteiger partial charge in [0.25, 0.3) is 0 Å². The van der Waals surface area contributed by atoms with Gasteiger partial charge in [-0.25, -0.2) is 4.98 Å². The lowest BCUT2D eigenvalue weighted by molar-refractivity contribution is -0.115. The number of ether oxygens (including phenoxy) is 1. The second kappa shape index (κ2) is 8.15. The molecule has 4 nitrogen and oxygen atoms in total. The van der Waals surface area contributed by atoms with Crippen molar-refractivity contribution < 1.29 is 9.53 Å². The number of nitrogens with one attached hydrogen (secondary N) is 1. The molecule has 0 aliphatic carbocycles. The van der Waals surface area contributed by atoms with E-state index in [1.807, 2.05) is 49.6 Å². The molecule has 1 amide bonds. The number of carbonyl (C=O) groups is 1. The Morgan fingerprint density at radius 3 is 2.73 bits per heavy atom. The van der Waals surface area contributed by atoms with Crippen molar-refractivity contribution in [2.75, 3.05) is 11.9 Å². The number of aromatic nitrogens is 1. The van der Waals surface area contributed by atoms with Crippen LogP contribution in [0, 0.1) is 13.8 Å². The van der Waals surface area contributed by atoms with Gasteiger partial charge in [0.05, 0.1) is 24.4 Å². The summed E-state index contributed by atoms with van der Waals surface area (Å²) in [7, 11) is 0. The normalized spacial score (nSPS) is 10.6. The van der Waals surface area contributed by atoms with Crippen molar-refractivity contribution in [1.29, 1.82) is 0 Å². The van der Waals surface area contributed by atoms with Crippen LogP contribution in [0.25, 0.3) is 10.6 Å². The third-order valence-corrected chi connectivity index (χ3v) is 4.81. The molecule has 0 aliphatic heterocycles. The number of anilines is 1. The van der Waals surface area contributed by atoms with Gasteiger partial charge in [-0.15, -0.1) is 11.3 Å². The van der Waals surface area contributed by atoms with Crippen LogP contribution < -0.4 is 10.1 Å². The minimum Gasteiger partial charge on any atom is -0.492 e. The Morgan fingerprint density at radius 2 is 1.96 bits per heavy atom. The summed E-state index contributed by atoms with van der Waals surface area (Å²) in [5, 5.41) is 5.80. The van der Waals surface area contributed by atoms with E-state index in [-0.39, 0.29) is 12.3 Å². The van der Waals surface area contributed by atoms with Crippen LogP contribution in [-0.2, 0) is 11.2 Å². The van der Waals surface area contributed by atoms with E-state index in [0.29, 0.717) is 18.0 Å². The molecule has 3 rings (SSSR count). The first-order chi connectivity index (χ1) is 12.5. The number of rotatable bonds is 6. The molecule has 5 heteroatoms. The number of thiazole rings is 1. The van der Waals surface area contributed by atoms with Crippen LogP contribution in [0.1, 0.15) is 23.7 Å². The monoisotopic (exact) mass is 366 g/mol. The lowest BCUT2D eigenvalue weighted by Crippen LogP contribution is -2.15. The van der Waals surface area contributed by atoms with Crippen LogP contribution in [0.5, 0.6) is 5.75 Å². The number of hydrogen-bond acceptors (Lipinski definition) is 4. The van der Waals surface area contributed by atoms with Gasteiger partial charge in [-0.1, -0.05) is 29.8 Å². The molecule has 1 heterocycles. The molecule has 26 heavy (non-hydrogen) atoms. The van der Waals surface area contributed by atoms with E-state index in [0.717, 1.165) is 21.8 Å². The molecule has 0 saturated carbocycles. The molecule has 0 aliphatic rings. The highest BCUT2D eigenvalue weighted by Crippen LogP contribution is 2.27. The molecular formula is C21H22N2O2S. The van der Waals surface area contributed by atoms with Gasteiger partial charge < -0.3 is 10.1 Å². The smallest absolute Gasteiger partial charge is 0.230 e. The molecule has 1 N–H and O–H groups in total. The minimum absolute atomic E-state index is 0.101. The molecule has 2 aromatic carbocycles. The van der Waals surface area contributed by atoms with Gasteiger partial charge in [-0.05, 0) is 44.5 Å². The highest BCUT2D eigenvalue weighted by molar-refractivity contribution is 7.13. The highest BCUT2D eigenvalue weighted by atomic mass is 32.1. The number of hydrogen-bond donors (Lipinski definition) is 1. The van der Waals surface area contributed by atoms with Crippen LogP contribution in [0.3, 0.4) is 0 Å². The summed E-state index contributed by atoms with van der Waals surface area (Å²) in [5.74, 6) is 0.593. The summed E-state index contributed by atoms with van der Waals surface area (Å²) in [4.78, 5) is 17.0. The molecule has 0 unspecified atom stereocenters. The van der Waals surface area contributed by atoms with Crippen molar-refractivity contribution in [3.63, 3.8) is 0 Å². The standard InChI is InChI=1S/C21H22N2O2S/c1-4-25-19-11-15(3)8-9-18(19)23-20(24)12-17-13-26-21(22-17)16-7-5-6-14(2)10-16/h5-11,13H,4,12H2,1-3H3,(H,23,24). The van der Waals surface area contributed by atoms with Gasteiger partial charge in [0.15, 0.2) is 0 Å². The van der Waals surface area contributed by atoms with E-state index in [4.69, 9.17) is 4.74 Å². The minimum atomic E-state index is -0.101. The van der Waals surface area contributed by atoms with E-state index < -0.39 is 0 Å². The molecule has 134 valence electrons. The van der Waals surface area contributed by atoms with Gasteiger partial charge in [0.1, 0.15) is 10.8 Å². The van der Waals surface area contributed by atoms with E-state index in [2.05, 4.69) is 29.4 Å². The van der Waals surface area contributed by atoms with Crippen molar-refractivity contribution in [1.82, 2.24) is 4.98 Å². The maximum absolute atomic E-state index is 12.4. The molecule has 3 aromatic rings. The maximum atomic E-state index is 12.4. The van der Waals surface area contributed by atoms with Crippen molar-refractivity contribution in [3.8, 4) is 16.3 Å². The summed E-state index contributed by atoms with van der Waals surface area (Å²) in [5.41, 5.74) is 4.83. The zero-order chi connectivity index (χ0) is 18.5. The van der Waals surface area contributed by atoms with Gasteiger partial charge in [-0.2, -0.15) is 0 Å². The average molecular weight is 366 g/mol. The van der Waals surface area contributed by atoms with Crippen LogP contribution in [0.15, 0.2) is 47.8 Å². The Kier molecular flexibility index (Phi) is 5.68. The molecule has 0 bridgehead atoms. The van der Waals surface area contributed by atoms with Gasteiger partial charge in [0.2, 0.25) is 5.91 Å². The second-order valence-corrected chi connectivity index (χ2v) is 7.03. The third kappa shape index (κ3) is 4.49. The zero-order valence-electron chi connectivity index (χ0n) is 15.2. The summed E-state index contributed by atoms with van der Waals surface area (Å²) >= 11 is 1.56. The summed E-state index contributed by atoms with van der Waals surface area (Å²) in [6.45, 7) is 6.54. The van der Waals surface area contributed by atoms with Crippen molar-refractivity contribution in [2.45, 2.75) is 27.2 Å². The van der Waals surface area contributed by atoms with Crippen molar-refractivity contribution in [3.05, 3.63) is 64.7 Å². The SMILES string of the molecule is CCOc1cc(C)ccc1NC(=O)Cc1csc(-c2cccc(C)c2)n1. The summed E-state index contributed by atoms with van der Waals surface area (Å²) in [6.07, 6.45) is 0.238. The Morgan fingerprint density at radius 1 is 1.15 bits per heavy atom. The van der Waals surface area contributed by atoms with E-state index >= 15 is 0 Å². The lowest BCUT2D eigenvalue weighted by Gasteiger charge is -2.12. The van der Waals surface area contributed by atoms with E-state index in [9.17, 15) is 4.79 Å². The fourth-order valence-corrected chi connectivity index (χ4v) is 3.48. The van der Waals surface area contributed by atoms with Crippen LogP contribution in [-0.4, -0.2) is 17.5 Å². The first-order valence-corrected chi connectivity index (χ1v) is 9.48. The first kappa shape index (κ1) is 18.1. The number of aryl methyl sites for hydroxylation is 2. The molecular weight excluding hydrogens is 344 g/mol. The van der Waals surface area contributed by atoms with Crippen LogP contribution in [0.2, 0.25) is 0 Å². The number of carbonyl (C=O) groups excluding carboxylic acids is 1.